The first-order chi connectivity index (χ1) is 10.7. The van der Waals surface area contributed by atoms with Crippen LogP contribution in [0.15, 0.2) is 23.2 Å². The van der Waals surface area contributed by atoms with Crippen LogP contribution in [-0.2, 0) is 10.3 Å². The van der Waals surface area contributed by atoms with Gasteiger partial charge >= 0.3 is 0 Å². The van der Waals surface area contributed by atoms with Crippen LogP contribution >= 0.6 is 23.4 Å². The molecule has 0 radical (unpaired) electrons. The highest BCUT2D eigenvalue weighted by Gasteiger charge is 2.36. The minimum Gasteiger partial charge on any atom is -0.488 e. The molecule has 0 N–H and O–H groups in total. The molecule has 118 valence electrons. The van der Waals surface area contributed by atoms with Crippen LogP contribution in [0, 0.1) is 0 Å². The molecular formula is C17H20ClNO2S. The molecule has 0 amide bonds. The Hall–Kier alpha value is -0.960. The molecule has 0 spiro atoms. The third-order valence-electron chi connectivity index (χ3n) is 4.57. The predicted octanol–water partition coefficient (Wildman–Crippen LogP) is 4.72. The van der Waals surface area contributed by atoms with Gasteiger partial charge in [0.1, 0.15) is 11.9 Å². The number of halogens is 1. The second kappa shape index (κ2) is 7.08. The number of isocyanates is 1. The summed E-state index contributed by atoms with van der Waals surface area (Å²) in [6, 6.07) is 5.85. The van der Waals surface area contributed by atoms with Gasteiger partial charge in [0.15, 0.2) is 0 Å². The lowest BCUT2D eigenvalue weighted by Crippen LogP contribution is -2.23. The fourth-order valence-electron chi connectivity index (χ4n) is 3.38. The summed E-state index contributed by atoms with van der Waals surface area (Å²) in [5.41, 5.74) is 0.577. The molecule has 0 bridgehead atoms. The maximum atomic E-state index is 10.8. The molecule has 1 saturated carbocycles. The van der Waals surface area contributed by atoms with Gasteiger partial charge in [0.2, 0.25) is 6.08 Å². The van der Waals surface area contributed by atoms with E-state index in [9.17, 15) is 4.79 Å². The van der Waals surface area contributed by atoms with Crippen molar-refractivity contribution in [3.8, 4) is 5.75 Å². The number of benzene rings is 1. The monoisotopic (exact) mass is 337 g/mol. The summed E-state index contributed by atoms with van der Waals surface area (Å²) in [5.74, 6) is 2.98. The standard InChI is InChI=1S/C17H20ClNO2S/c18-15-10-13(17(19-12-20)7-1-2-8-17)5-6-16(15)21-14-4-3-9-22-11-14/h5-6,10,14H,1-4,7-9,11H2. The van der Waals surface area contributed by atoms with Crippen molar-refractivity contribution in [1.82, 2.24) is 0 Å². The Kier molecular flexibility index (Phi) is 5.12. The molecule has 2 aliphatic rings. The van der Waals surface area contributed by atoms with Gasteiger partial charge in [-0.2, -0.15) is 16.8 Å². The lowest BCUT2D eigenvalue weighted by molar-refractivity contribution is 0.211. The van der Waals surface area contributed by atoms with E-state index >= 15 is 0 Å². The summed E-state index contributed by atoms with van der Waals surface area (Å²) in [6.45, 7) is 0. The third kappa shape index (κ3) is 3.34. The van der Waals surface area contributed by atoms with Crippen molar-refractivity contribution in [2.45, 2.75) is 50.2 Å². The van der Waals surface area contributed by atoms with E-state index in [1.165, 1.54) is 12.2 Å². The molecule has 1 heterocycles. The largest absolute Gasteiger partial charge is 0.488 e. The molecule has 3 nitrogen and oxygen atoms in total. The molecule has 22 heavy (non-hydrogen) atoms. The SMILES string of the molecule is O=C=NC1(c2ccc(OC3CCCSC3)c(Cl)c2)CCCC1. The molecule has 3 rings (SSSR count). The Morgan fingerprint density at radius 1 is 1.32 bits per heavy atom. The van der Waals surface area contributed by atoms with E-state index in [-0.39, 0.29) is 6.10 Å². The summed E-state index contributed by atoms with van der Waals surface area (Å²) in [6.07, 6.45) is 8.22. The van der Waals surface area contributed by atoms with Crippen LogP contribution in [0.5, 0.6) is 5.75 Å². The van der Waals surface area contributed by atoms with Gasteiger partial charge in [0.25, 0.3) is 0 Å². The van der Waals surface area contributed by atoms with Gasteiger partial charge in [0.05, 0.1) is 10.6 Å². The van der Waals surface area contributed by atoms with Gasteiger partial charge in [-0.3, -0.25) is 0 Å². The minimum absolute atomic E-state index is 0.246. The Morgan fingerprint density at radius 3 is 2.77 bits per heavy atom. The zero-order chi connectivity index (χ0) is 15.4. The molecule has 1 atom stereocenters. The van der Waals surface area contributed by atoms with Crippen LogP contribution in [0.4, 0.5) is 0 Å². The summed E-state index contributed by atoms with van der Waals surface area (Å²) in [4.78, 5) is 14.9. The highest BCUT2D eigenvalue weighted by molar-refractivity contribution is 7.99. The Labute approximate surface area is 140 Å². The number of ether oxygens (including phenoxy) is 1. The zero-order valence-electron chi connectivity index (χ0n) is 12.5. The number of aliphatic imine (C=N–C) groups is 1. The van der Waals surface area contributed by atoms with Gasteiger partial charge in [-0.25, -0.2) is 4.79 Å². The summed E-state index contributed by atoms with van der Waals surface area (Å²) in [7, 11) is 0. The van der Waals surface area contributed by atoms with Crippen molar-refractivity contribution in [1.29, 1.82) is 0 Å². The molecule has 2 fully saturated rings. The summed E-state index contributed by atoms with van der Waals surface area (Å²) < 4.78 is 6.04. The summed E-state index contributed by atoms with van der Waals surface area (Å²) in [5, 5.41) is 0.612. The van der Waals surface area contributed by atoms with Crippen LogP contribution in [0.1, 0.15) is 44.1 Å². The lowest BCUT2D eigenvalue weighted by atomic mass is 9.89. The quantitative estimate of drug-likeness (QED) is 0.589. The van der Waals surface area contributed by atoms with Crippen LogP contribution in [0.2, 0.25) is 5.02 Å². The number of hydrogen-bond donors (Lipinski definition) is 0. The molecule has 1 aromatic rings. The maximum Gasteiger partial charge on any atom is 0.235 e. The van der Waals surface area contributed by atoms with Gasteiger partial charge in [-0.15, -0.1) is 0 Å². The van der Waals surface area contributed by atoms with E-state index in [0.29, 0.717) is 5.02 Å². The van der Waals surface area contributed by atoms with Gasteiger partial charge in [-0.05, 0) is 49.1 Å². The van der Waals surface area contributed by atoms with E-state index < -0.39 is 5.54 Å². The Balaban J connectivity index is 1.80. The molecule has 1 unspecified atom stereocenters. The zero-order valence-corrected chi connectivity index (χ0v) is 14.1. The number of carbonyl (C=O) groups excluding carboxylic acids is 1. The first-order valence-corrected chi connectivity index (χ1v) is 9.40. The topological polar surface area (TPSA) is 38.7 Å². The first kappa shape index (κ1) is 15.9. The molecule has 0 aromatic heterocycles. The van der Waals surface area contributed by atoms with Crippen molar-refractivity contribution >= 4 is 29.4 Å². The Bertz CT molecular complexity index is 574. The van der Waals surface area contributed by atoms with Crippen LogP contribution in [0.3, 0.4) is 0 Å². The second-order valence-corrected chi connectivity index (χ2v) is 7.60. The minimum atomic E-state index is -0.426. The van der Waals surface area contributed by atoms with Crippen molar-refractivity contribution in [3.05, 3.63) is 28.8 Å². The number of rotatable bonds is 4. The van der Waals surface area contributed by atoms with Gasteiger partial charge in [-0.1, -0.05) is 30.5 Å². The van der Waals surface area contributed by atoms with Gasteiger partial charge < -0.3 is 4.74 Å². The molecule has 1 aliphatic carbocycles. The average molecular weight is 338 g/mol. The molecular weight excluding hydrogens is 318 g/mol. The number of nitrogens with zero attached hydrogens (tertiary/aromatic N) is 1. The van der Waals surface area contributed by atoms with Crippen LogP contribution in [-0.4, -0.2) is 23.7 Å². The lowest BCUT2D eigenvalue weighted by Gasteiger charge is -2.26. The van der Waals surface area contributed by atoms with Crippen molar-refractivity contribution in [2.24, 2.45) is 4.99 Å². The second-order valence-electron chi connectivity index (χ2n) is 6.04. The highest BCUT2D eigenvalue weighted by atomic mass is 35.5. The highest BCUT2D eigenvalue weighted by Crippen LogP contribution is 2.44. The fourth-order valence-corrected chi connectivity index (χ4v) is 4.64. The Morgan fingerprint density at radius 2 is 2.14 bits per heavy atom. The molecule has 1 saturated heterocycles. The van der Waals surface area contributed by atoms with Gasteiger partial charge in [0, 0.05) is 5.75 Å². The third-order valence-corrected chi connectivity index (χ3v) is 6.05. The van der Waals surface area contributed by atoms with Crippen molar-refractivity contribution < 1.29 is 9.53 Å². The van der Waals surface area contributed by atoms with Crippen molar-refractivity contribution in [2.75, 3.05) is 11.5 Å². The molecule has 1 aromatic carbocycles. The summed E-state index contributed by atoms with van der Waals surface area (Å²) >= 11 is 8.35. The van der Waals surface area contributed by atoms with E-state index in [4.69, 9.17) is 16.3 Å². The van der Waals surface area contributed by atoms with E-state index in [1.807, 2.05) is 30.0 Å². The van der Waals surface area contributed by atoms with E-state index in [2.05, 4.69) is 4.99 Å². The number of thioether (sulfide) groups is 1. The van der Waals surface area contributed by atoms with E-state index in [1.54, 1.807) is 6.08 Å². The smallest absolute Gasteiger partial charge is 0.235 e. The first-order valence-electron chi connectivity index (χ1n) is 7.87. The fraction of sp³-hybridized carbons (Fsp3) is 0.588. The van der Waals surface area contributed by atoms with Crippen LogP contribution in [0.25, 0.3) is 0 Å². The molecule has 5 heteroatoms. The molecule has 1 aliphatic heterocycles. The maximum absolute atomic E-state index is 10.8. The normalized spacial score (nSPS) is 23.8. The van der Waals surface area contributed by atoms with Crippen LogP contribution < -0.4 is 4.74 Å². The predicted molar refractivity (Wildman–Crippen MR) is 90.7 cm³/mol. The van der Waals surface area contributed by atoms with Crippen molar-refractivity contribution in [3.63, 3.8) is 0 Å². The van der Waals surface area contributed by atoms with E-state index in [0.717, 1.165) is 49.2 Å². The average Bonchev–Trinajstić information content (AvgIpc) is 3.00. The number of hydrogen-bond acceptors (Lipinski definition) is 4.